The molecule has 6 nitrogen and oxygen atoms in total. The van der Waals surface area contributed by atoms with Gasteiger partial charge in [0.15, 0.2) is 0 Å². The van der Waals surface area contributed by atoms with Crippen molar-refractivity contribution in [1.29, 1.82) is 0 Å². The maximum absolute atomic E-state index is 12.7. The van der Waals surface area contributed by atoms with Gasteiger partial charge in [0, 0.05) is 36.3 Å². The van der Waals surface area contributed by atoms with Gasteiger partial charge < -0.3 is 20.3 Å². The molecule has 1 aromatic carbocycles. The van der Waals surface area contributed by atoms with Crippen molar-refractivity contribution in [2.24, 2.45) is 5.92 Å². The zero-order chi connectivity index (χ0) is 18.7. The summed E-state index contributed by atoms with van der Waals surface area (Å²) in [7, 11) is 0. The molecule has 2 heterocycles. The summed E-state index contributed by atoms with van der Waals surface area (Å²) in [4.78, 5) is 26.9. The number of morpholine rings is 1. The molecule has 0 saturated carbocycles. The van der Waals surface area contributed by atoms with E-state index in [1.165, 1.54) is 0 Å². The summed E-state index contributed by atoms with van der Waals surface area (Å²) < 4.78 is 5.68. The highest BCUT2D eigenvalue weighted by molar-refractivity contribution is 5.96. The van der Waals surface area contributed by atoms with Crippen LogP contribution in [-0.2, 0) is 9.53 Å². The molecule has 0 bridgehead atoms. The van der Waals surface area contributed by atoms with Gasteiger partial charge in [-0.1, -0.05) is 0 Å². The molecule has 3 rings (SSSR count). The number of anilines is 1. The fourth-order valence-corrected chi connectivity index (χ4v) is 3.84. The number of benzene rings is 1. The number of hydrogen-bond acceptors (Lipinski definition) is 4. The lowest BCUT2D eigenvalue weighted by molar-refractivity contribution is -0.120. The van der Waals surface area contributed by atoms with Crippen LogP contribution in [0.4, 0.5) is 5.69 Å². The molecule has 2 aliphatic rings. The van der Waals surface area contributed by atoms with Crippen molar-refractivity contribution in [3.8, 4) is 0 Å². The fraction of sp³-hybridized carbons (Fsp3) is 0.600. The molecule has 2 aliphatic heterocycles. The van der Waals surface area contributed by atoms with Crippen molar-refractivity contribution in [2.75, 3.05) is 25.0 Å². The van der Waals surface area contributed by atoms with E-state index in [1.807, 2.05) is 30.9 Å². The molecule has 26 heavy (non-hydrogen) atoms. The molecule has 0 aliphatic carbocycles. The molecule has 2 amide bonds. The average molecular weight is 359 g/mol. The van der Waals surface area contributed by atoms with Crippen LogP contribution in [0.5, 0.6) is 0 Å². The number of nitrogens with zero attached hydrogens (tertiary/aromatic N) is 1. The SMILES string of the molecule is CC1CN(C(=O)c2ccc(NC(=O)[C@H]3CCN[C@@H](C)C3)cc2)CC(C)O1. The molecule has 6 heteroatoms. The Labute approximate surface area is 155 Å². The van der Waals surface area contributed by atoms with Gasteiger partial charge in [0.2, 0.25) is 5.91 Å². The van der Waals surface area contributed by atoms with E-state index in [1.54, 1.807) is 12.1 Å². The maximum Gasteiger partial charge on any atom is 0.254 e. The summed E-state index contributed by atoms with van der Waals surface area (Å²) >= 11 is 0. The van der Waals surface area contributed by atoms with Gasteiger partial charge in [-0.25, -0.2) is 0 Å². The third kappa shape index (κ3) is 4.62. The first-order valence-corrected chi connectivity index (χ1v) is 9.51. The summed E-state index contributed by atoms with van der Waals surface area (Å²) in [5, 5.41) is 6.34. The Hall–Kier alpha value is -1.92. The number of carbonyl (C=O) groups is 2. The van der Waals surface area contributed by atoms with Crippen LogP contribution < -0.4 is 10.6 Å². The molecule has 142 valence electrons. The molecular weight excluding hydrogens is 330 g/mol. The quantitative estimate of drug-likeness (QED) is 0.868. The van der Waals surface area contributed by atoms with Crippen LogP contribution in [-0.4, -0.2) is 54.6 Å². The van der Waals surface area contributed by atoms with Crippen molar-refractivity contribution in [1.82, 2.24) is 10.2 Å². The molecule has 2 saturated heterocycles. The molecule has 1 aromatic rings. The predicted molar refractivity (Wildman–Crippen MR) is 101 cm³/mol. The first-order valence-electron chi connectivity index (χ1n) is 9.51. The molecule has 2 fully saturated rings. The van der Waals surface area contributed by atoms with Crippen LogP contribution in [0.15, 0.2) is 24.3 Å². The number of carbonyl (C=O) groups excluding carboxylic acids is 2. The first-order chi connectivity index (χ1) is 12.4. The molecule has 2 unspecified atom stereocenters. The van der Waals surface area contributed by atoms with Crippen LogP contribution in [0, 0.1) is 5.92 Å². The van der Waals surface area contributed by atoms with Gasteiger partial charge in [-0.05, 0) is 64.4 Å². The predicted octanol–water partition coefficient (Wildman–Crippen LogP) is 2.26. The average Bonchev–Trinajstić information content (AvgIpc) is 2.61. The first kappa shape index (κ1) is 18.9. The van der Waals surface area contributed by atoms with Crippen LogP contribution in [0.1, 0.15) is 44.0 Å². The van der Waals surface area contributed by atoms with Gasteiger partial charge in [0.05, 0.1) is 12.2 Å². The Kier molecular flexibility index (Phi) is 5.94. The number of piperidine rings is 1. The summed E-state index contributed by atoms with van der Waals surface area (Å²) in [6.07, 6.45) is 1.82. The Bertz CT molecular complexity index is 636. The molecular formula is C20H29N3O3. The summed E-state index contributed by atoms with van der Waals surface area (Å²) in [6, 6.07) is 7.56. The van der Waals surface area contributed by atoms with E-state index in [-0.39, 0.29) is 29.9 Å². The largest absolute Gasteiger partial charge is 0.372 e. The summed E-state index contributed by atoms with van der Waals surface area (Å²) in [5.41, 5.74) is 1.38. The van der Waals surface area contributed by atoms with Crippen LogP contribution >= 0.6 is 0 Å². The lowest BCUT2D eigenvalue weighted by Gasteiger charge is -2.35. The third-order valence-electron chi connectivity index (χ3n) is 5.10. The zero-order valence-corrected chi connectivity index (χ0v) is 15.8. The van der Waals surface area contributed by atoms with Gasteiger partial charge in [0.1, 0.15) is 0 Å². The third-order valence-corrected chi connectivity index (χ3v) is 5.10. The minimum Gasteiger partial charge on any atom is -0.372 e. The van der Waals surface area contributed by atoms with E-state index in [9.17, 15) is 9.59 Å². The lowest BCUT2D eigenvalue weighted by atomic mass is 9.92. The molecule has 0 spiro atoms. The van der Waals surface area contributed by atoms with Crippen molar-refractivity contribution in [2.45, 2.75) is 51.9 Å². The van der Waals surface area contributed by atoms with Gasteiger partial charge in [-0.3, -0.25) is 9.59 Å². The molecule has 2 N–H and O–H groups in total. The Balaban J connectivity index is 1.59. The van der Waals surface area contributed by atoms with Crippen LogP contribution in [0.25, 0.3) is 0 Å². The second-order valence-corrected chi connectivity index (χ2v) is 7.61. The van der Waals surface area contributed by atoms with Crippen LogP contribution in [0.2, 0.25) is 0 Å². The maximum atomic E-state index is 12.7. The summed E-state index contributed by atoms with van der Waals surface area (Å²) in [6.45, 7) is 8.16. The number of amides is 2. The lowest BCUT2D eigenvalue weighted by Crippen LogP contribution is -2.48. The van der Waals surface area contributed by atoms with Gasteiger partial charge in [-0.15, -0.1) is 0 Å². The van der Waals surface area contributed by atoms with E-state index in [0.717, 1.165) is 25.1 Å². The van der Waals surface area contributed by atoms with Gasteiger partial charge in [0.25, 0.3) is 5.91 Å². The smallest absolute Gasteiger partial charge is 0.254 e. The Morgan fingerprint density at radius 1 is 1.12 bits per heavy atom. The number of ether oxygens (including phenoxy) is 1. The monoisotopic (exact) mass is 359 g/mol. The molecule has 0 radical (unpaired) electrons. The topological polar surface area (TPSA) is 70.7 Å². The summed E-state index contributed by atoms with van der Waals surface area (Å²) in [5.74, 6) is 0.120. The normalized spacial score (nSPS) is 29.3. The standard InChI is InChI=1S/C20H29N3O3/c1-13-10-17(8-9-21-13)19(24)22-18-6-4-16(5-7-18)20(25)23-11-14(2)26-15(3)12-23/h4-7,13-15,17,21H,8-12H2,1-3H3,(H,22,24)/t13-,14?,15?,17-/m0/s1. The van der Waals surface area contributed by atoms with E-state index < -0.39 is 0 Å². The van der Waals surface area contributed by atoms with E-state index in [0.29, 0.717) is 24.7 Å². The number of nitrogens with one attached hydrogen (secondary N) is 2. The number of hydrogen-bond donors (Lipinski definition) is 2. The van der Waals surface area contributed by atoms with Crippen molar-refractivity contribution < 1.29 is 14.3 Å². The van der Waals surface area contributed by atoms with E-state index in [4.69, 9.17) is 4.74 Å². The minimum atomic E-state index is 0.0112. The van der Waals surface area contributed by atoms with Gasteiger partial charge >= 0.3 is 0 Å². The number of rotatable bonds is 3. The van der Waals surface area contributed by atoms with Crippen molar-refractivity contribution >= 4 is 17.5 Å². The second kappa shape index (κ2) is 8.18. The molecule has 0 aromatic heterocycles. The Morgan fingerprint density at radius 2 is 1.77 bits per heavy atom. The Morgan fingerprint density at radius 3 is 2.38 bits per heavy atom. The van der Waals surface area contributed by atoms with Gasteiger partial charge in [-0.2, -0.15) is 0 Å². The van der Waals surface area contributed by atoms with E-state index >= 15 is 0 Å². The highest BCUT2D eigenvalue weighted by atomic mass is 16.5. The highest BCUT2D eigenvalue weighted by Gasteiger charge is 2.27. The van der Waals surface area contributed by atoms with E-state index in [2.05, 4.69) is 17.6 Å². The minimum absolute atomic E-state index is 0.0112. The van der Waals surface area contributed by atoms with Crippen molar-refractivity contribution in [3.63, 3.8) is 0 Å². The fourth-order valence-electron chi connectivity index (χ4n) is 3.84. The van der Waals surface area contributed by atoms with Crippen LogP contribution in [0.3, 0.4) is 0 Å². The molecule has 4 atom stereocenters. The highest BCUT2D eigenvalue weighted by Crippen LogP contribution is 2.20. The second-order valence-electron chi connectivity index (χ2n) is 7.61. The van der Waals surface area contributed by atoms with Crippen molar-refractivity contribution in [3.05, 3.63) is 29.8 Å². The zero-order valence-electron chi connectivity index (χ0n) is 15.8.